The molecular weight excluding hydrogens is 344 g/mol. The van der Waals surface area contributed by atoms with Gasteiger partial charge in [0.2, 0.25) is 0 Å². The Hall–Kier alpha value is -3.61. The van der Waals surface area contributed by atoms with Gasteiger partial charge in [-0.2, -0.15) is 0 Å². The Morgan fingerprint density at radius 1 is 0.926 bits per heavy atom. The van der Waals surface area contributed by atoms with E-state index in [0.29, 0.717) is 28.6 Å². The highest BCUT2D eigenvalue weighted by Crippen LogP contribution is 2.28. The standard InChI is InChI=1S/C20H20N4O3/c1-13-9-19(22-12-21-13)23-15-5-4-6-16(11-15)24-20(25)14-7-8-17(26-2)18(10-14)27-3/h4-12H,1-3H3,(H,24,25)(H,21,22,23). The second kappa shape index (κ2) is 8.18. The van der Waals surface area contributed by atoms with Crippen LogP contribution in [0.4, 0.5) is 17.2 Å². The summed E-state index contributed by atoms with van der Waals surface area (Å²) in [4.78, 5) is 20.8. The highest BCUT2D eigenvalue weighted by atomic mass is 16.5. The summed E-state index contributed by atoms with van der Waals surface area (Å²) in [7, 11) is 3.08. The van der Waals surface area contributed by atoms with Crippen molar-refractivity contribution in [2.45, 2.75) is 6.92 Å². The van der Waals surface area contributed by atoms with Crippen molar-refractivity contribution in [3.63, 3.8) is 0 Å². The summed E-state index contributed by atoms with van der Waals surface area (Å²) >= 11 is 0. The van der Waals surface area contributed by atoms with Crippen molar-refractivity contribution in [2.75, 3.05) is 24.9 Å². The van der Waals surface area contributed by atoms with E-state index >= 15 is 0 Å². The lowest BCUT2D eigenvalue weighted by atomic mass is 10.1. The summed E-state index contributed by atoms with van der Waals surface area (Å²) in [5, 5.41) is 6.07. The molecule has 1 aromatic heterocycles. The molecule has 0 atom stereocenters. The van der Waals surface area contributed by atoms with Crippen LogP contribution in [0.1, 0.15) is 16.1 Å². The van der Waals surface area contributed by atoms with Gasteiger partial charge in [-0.15, -0.1) is 0 Å². The molecule has 0 fully saturated rings. The van der Waals surface area contributed by atoms with E-state index in [9.17, 15) is 4.79 Å². The van der Waals surface area contributed by atoms with Gasteiger partial charge < -0.3 is 20.1 Å². The fraction of sp³-hybridized carbons (Fsp3) is 0.150. The number of nitrogens with zero attached hydrogens (tertiary/aromatic N) is 2. The van der Waals surface area contributed by atoms with Gasteiger partial charge in [-0.25, -0.2) is 9.97 Å². The van der Waals surface area contributed by atoms with E-state index in [1.165, 1.54) is 13.4 Å². The molecule has 7 nitrogen and oxygen atoms in total. The maximum absolute atomic E-state index is 12.5. The zero-order valence-electron chi connectivity index (χ0n) is 15.3. The van der Waals surface area contributed by atoms with Crippen LogP contribution in [0.2, 0.25) is 0 Å². The molecule has 3 rings (SSSR count). The van der Waals surface area contributed by atoms with E-state index in [2.05, 4.69) is 20.6 Å². The Kier molecular flexibility index (Phi) is 5.51. The molecule has 2 aromatic carbocycles. The second-order valence-electron chi connectivity index (χ2n) is 5.77. The summed E-state index contributed by atoms with van der Waals surface area (Å²) in [6.07, 6.45) is 1.50. The van der Waals surface area contributed by atoms with Crippen LogP contribution >= 0.6 is 0 Å². The van der Waals surface area contributed by atoms with Gasteiger partial charge in [0.05, 0.1) is 14.2 Å². The van der Waals surface area contributed by atoms with Gasteiger partial charge in [-0.05, 0) is 43.3 Å². The molecular formula is C20H20N4O3. The zero-order chi connectivity index (χ0) is 19.2. The quantitative estimate of drug-likeness (QED) is 0.692. The van der Waals surface area contributed by atoms with Crippen molar-refractivity contribution >= 4 is 23.1 Å². The Morgan fingerprint density at radius 3 is 2.44 bits per heavy atom. The molecule has 0 aliphatic carbocycles. The first-order chi connectivity index (χ1) is 13.1. The highest BCUT2D eigenvalue weighted by Gasteiger charge is 2.11. The number of carbonyl (C=O) groups is 1. The van der Waals surface area contributed by atoms with Crippen molar-refractivity contribution in [3.8, 4) is 11.5 Å². The number of ether oxygens (including phenoxy) is 2. The number of carbonyl (C=O) groups excluding carboxylic acids is 1. The average Bonchev–Trinajstić information content (AvgIpc) is 2.67. The van der Waals surface area contributed by atoms with Gasteiger partial charge in [0.25, 0.3) is 5.91 Å². The summed E-state index contributed by atoms with van der Waals surface area (Å²) in [6, 6.07) is 14.2. The second-order valence-corrected chi connectivity index (χ2v) is 5.77. The van der Waals surface area contributed by atoms with Gasteiger partial charge in [-0.1, -0.05) is 6.07 Å². The molecule has 0 saturated heterocycles. The normalized spacial score (nSPS) is 10.2. The molecule has 0 unspecified atom stereocenters. The fourth-order valence-electron chi connectivity index (χ4n) is 2.53. The molecule has 0 bridgehead atoms. The number of amides is 1. The Balaban J connectivity index is 1.75. The molecule has 1 amide bonds. The van der Waals surface area contributed by atoms with Crippen LogP contribution in [0.15, 0.2) is 54.9 Å². The first-order valence-electron chi connectivity index (χ1n) is 8.28. The minimum Gasteiger partial charge on any atom is -0.493 e. The number of methoxy groups -OCH3 is 2. The van der Waals surface area contributed by atoms with Crippen LogP contribution in [0.3, 0.4) is 0 Å². The molecule has 27 heavy (non-hydrogen) atoms. The maximum atomic E-state index is 12.5. The smallest absolute Gasteiger partial charge is 0.255 e. The summed E-state index contributed by atoms with van der Waals surface area (Å²) in [5.74, 6) is 1.51. The number of aromatic nitrogens is 2. The lowest BCUT2D eigenvalue weighted by molar-refractivity contribution is 0.102. The number of anilines is 3. The number of hydrogen-bond acceptors (Lipinski definition) is 6. The third-order valence-electron chi connectivity index (χ3n) is 3.84. The third kappa shape index (κ3) is 4.52. The van der Waals surface area contributed by atoms with Gasteiger partial charge in [0, 0.05) is 28.7 Å². The molecule has 0 aliphatic heterocycles. The first kappa shape index (κ1) is 18.2. The number of nitrogens with one attached hydrogen (secondary N) is 2. The number of benzene rings is 2. The van der Waals surface area contributed by atoms with Crippen LogP contribution in [0.5, 0.6) is 11.5 Å². The van der Waals surface area contributed by atoms with E-state index in [1.54, 1.807) is 25.3 Å². The lowest BCUT2D eigenvalue weighted by Crippen LogP contribution is -2.12. The van der Waals surface area contributed by atoms with Crippen LogP contribution in [-0.4, -0.2) is 30.1 Å². The van der Waals surface area contributed by atoms with E-state index in [1.807, 2.05) is 37.3 Å². The minimum absolute atomic E-state index is 0.244. The number of aryl methyl sites for hydroxylation is 1. The summed E-state index contributed by atoms with van der Waals surface area (Å²) < 4.78 is 10.4. The Morgan fingerprint density at radius 2 is 1.70 bits per heavy atom. The van der Waals surface area contributed by atoms with Crippen molar-refractivity contribution in [1.29, 1.82) is 0 Å². The number of hydrogen-bond donors (Lipinski definition) is 2. The van der Waals surface area contributed by atoms with E-state index in [-0.39, 0.29) is 5.91 Å². The van der Waals surface area contributed by atoms with Crippen LogP contribution in [-0.2, 0) is 0 Å². The average molecular weight is 364 g/mol. The van der Waals surface area contributed by atoms with Gasteiger partial charge in [0.15, 0.2) is 11.5 Å². The van der Waals surface area contributed by atoms with Gasteiger partial charge in [0.1, 0.15) is 12.1 Å². The minimum atomic E-state index is -0.244. The van der Waals surface area contributed by atoms with Crippen molar-refractivity contribution in [2.24, 2.45) is 0 Å². The highest BCUT2D eigenvalue weighted by molar-refractivity contribution is 6.04. The zero-order valence-corrected chi connectivity index (χ0v) is 15.3. The predicted molar refractivity (Wildman–Crippen MR) is 104 cm³/mol. The van der Waals surface area contributed by atoms with Gasteiger partial charge in [-0.3, -0.25) is 4.79 Å². The summed E-state index contributed by atoms with van der Waals surface area (Å²) in [6.45, 7) is 1.90. The third-order valence-corrected chi connectivity index (χ3v) is 3.84. The van der Waals surface area contributed by atoms with Crippen molar-refractivity contribution < 1.29 is 14.3 Å². The fourth-order valence-corrected chi connectivity index (χ4v) is 2.53. The molecule has 7 heteroatoms. The molecule has 0 spiro atoms. The van der Waals surface area contributed by atoms with Crippen molar-refractivity contribution in [1.82, 2.24) is 9.97 Å². The topological polar surface area (TPSA) is 85.4 Å². The molecule has 0 radical (unpaired) electrons. The molecule has 1 heterocycles. The molecule has 0 aliphatic rings. The van der Waals surface area contributed by atoms with Crippen LogP contribution in [0.25, 0.3) is 0 Å². The lowest BCUT2D eigenvalue weighted by Gasteiger charge is -2.11. The van der Waals surface area contributed by atoms with E-state index in [0.717, 1.165) is 11.4 Å². The Labute approximate surface area is 157 Å². The molecule has 3 aromatic rings. The number of rotatable bonds is 6. The largest absolute Gasteiger partial charge is 0.493 e. The molecule has 0 saturated carbocycles. The predicted octanol–water partition coefficient (Wildman–Crippen LogP) is 3.80. The maximum Gasteiger partial charge on any atom is 0.255 e. The first-order valence-corrected chi connectivity index (χ1v) is 8.28. The van der Waals surface area contributed by atoms with Crippen LogP contribution in [0, 0.1) is 6.92 Å². The van der Waals surface area contributed by atoms with E-state index in [4.69, 9.17) is 9.47 Å². The Bertz CT molecular complexity index is 959. The monoisotopic (exact) mass is 364 g/mol. The SMILES string of the molecule is COc1ccc(C(=O)Nc2cccc(Nc3cc(C)ncn3)c2)cc1OC. The van der Waals surface area contributed by atoms with Gasteiger partial charge >= 0.3 is 0 Å². The molecule has 138 valence electrons. The summed E-state index contributed by atoms with van der Waals surface area (Å²) in [5.41, 5.74) is 2.80. The van der Waals surface area contributed by atoms with Crippen molar-refractivity contribution in [3.05, 3.63) is 66.1 Å². The molecule has 2 N–H and O–H groups in total. The van der Waals surface area contributed by atoms with E-state index < -0.39 is 0 Å². The van der Waals surface area contributed by atoms with Crippen LogP contribution < -0.4 is 20.1 Å².